The van der Waals surface area contributed by atoms with Gasteiger partial charge in [-0.15, -0.1) is 0 Å². The maximum atomic E-state index is 6.43. The summed E-state index contributed by atoms with van der Waals surface area (Å²) < 4.78 is 6.43. The fourth-order valence-electron chi connectivity index (χ4n) is 9.52. The molecule has 0 fully saturated rings. The monoisotopic (exact) mass is 856 g/mol. The van der Waals surface area contributed by atoms with E-state index >= 15 is 0 Å². The van der Waals surface area contributed by atoms with Gasteiger partial charge in [0.2, 0.25) is 0 Å². The third kappa shape index (κ3) is 7.59. The summed E-state index contributed by atoms with van der Waals surface area (Å²) in [5.74, 6) is 0. The van der Waals surface area contributed by atoms with Crippen molar-refractivity contribution in [1.29, 1.82) is 0 Å². The first-order chi connectivity index (χ1) is 33.2. The molecule has 0 bridgehead atoms. The summed E-state index contributed by atoms with van der Waals surface area (Å²) in [6.45, 7) is 0. The van der Waals surface area contributed by atoms with Gasteiger partial charge >= 0.3 is 0 Å². The average molecular weight is 857 g/mol. The Morgan fingerprint density at radius 3 is 1.13 bits per heavy atom. The predicted molar refractivity (Wildman–Crippen MR) is 282 cm³/mol. The fraction of sp³-hybridized carbons (Fsp3) is 0. The Labute approximate surface area is 390 Å². The molecule has 0 unspecified atom stereocenters. The van der Waals surface area contributed by atoms with Crippen LogP contribution in [0, 0.1) is 0 Å². The SMILES string of the molecule is c1ccc(-c2ccc(N(c3ccc(-c4ccccc4)cc3)c3ccc(-c4ccc(N(c5ccc(-c6cccc7c6oc6ccccc67)cc5)c5cccc6ccccc56)cc4)cc3)cc2)cc1. The Balaban J connectivity index is 0.878. The van der Waals surface area contributed by atoms with E-state index in [9.17, 15) is 0 Å². The molecule has 1 aromatic heterocycles. The lowest BCUT2D eigenvalue weighted by Crippen LogP contribution is -2.10. The van der Waals surface area contributed by atoms with Crippen LogP contribution in [0.4, 0.5) is 34.1 Å². The van der Waals surface area contributed by atoms with E-state index in [2.05, 4.69) is 265 Å². The number of para-hydroxylation sites is 2. The minimum absolute atomic E-state index is 0.903. The number of furan rings is 1. The van der Waals surface area contributed by atoms with Gasteiger partial charge in [0.25, 0.3) is 0 Å². The molecule has 67 heavy (non-hydrogen) atoms. The second kappa shape index (κ2) is 17.2. The summed E-state index contributed by atoms with van der Waals surface area (Å²) in [4.78, 5) is 4.70. The Bertz CT molecular complexity index is 3550. The number of benzene rings is 11. The van der Waals surface area contributed by atoms with Crippen molar-refractivity contribution < 1.29 is 4.42 Å². The molecule has 0 spiro atoms. The number of fused-ring (bicyclic) bond motifs is 4. The summed E-state index contributed by atoms with van der Waals surface area (Å²) in [5.41, 5.74) is 17.6. The van der Waals surface area contributed by atoms with Crippen molar-refractivity contribution in [2.75, 3.05) is 9.80 Å². The smallest absolute Gasteiger partial charge is 0.143 e. The van der Waals surface area contributed by atoms with Crippen molar-refractivity contribution >= 4 is 66.8 Å². The molecule has 0 atom stereocenters. The first kappa shape index (κ1) is 39.7. The summed E-state index contributed by atoms with van der Waals surface area (Å²) in [6, 6.07) is 95.4. The molecule has 11 aromatic carbocycles. The van der Waals surface area contributed by atoms with Crippen LogP contribution < -0.4 is 9.80 Å². The number of rotatable bonds is 10. The van der Waals surface area contributed by atoms with Crippen molar-refractivity contribution in [2.45, 2.75) is 0 Å². The van der Waals surface area contributed by atoms with Crippen molar-refractivity contribution in [2.24, 2.45) is 0 Å². The third-order valence-electron chi connectivity index (χ3n) is 12.9. The highest BCUT2D eigenvalue weighted by molar-refractivity contribution is 6.09. The van der Waals surface area contributed by atoms with Gasteiger partial charge in [0, 0.05) is 50.2 Å². The molecule has 0 aliphatic carbocycles. The van der Waals surface area contributed by atoms with E-state index in [1.54, 1.807) is 0 Å². The molecular weight excluding hydrogens is 813 g/mol. The molecule has 0 N–H and O–H groups in total. The van der Waals surface area contributed by atoms with Gasteiger partial charge in [0.15, 0.2) is 0 Å². The van der Waals surface area contributed by atoms with Crippen molar-refractivity contribution in [3.8, 4) is 44.5 Å². The van der Waals surface area contributed by atoms with Gasteiger partial charge in [-0.25, -0.2) is 0 Å². The van der Waals surface area contributed by atoms with Crippen LogP contribution >= 0.6 is 0 Å². The number of anilines is 6. The second-order valence-electron chi connectivity index (χ2n) is 16.9. The van der Waals surface area contributed by atoms with Gasteiger partial charge in [0.05, 0.1) is 5.69 Å². The maximum absolute atomic E-state index is 6.43. The van der Waals surface area contributed by atoms with E-state index in [0.717, 1.165) is 78.3 Å². The summed E-state index contributed by atoms with van der Waals surface area (Å²) >= 11 is 0. The molecule has 3 heteroatoms. The predicted octanol–water partition coefficient (Wildman–Crippen LogP) is 18.3. The molecule has 0 saturated carbocycles. The zero-order valence-electron chi connectivity index (χ0n) is 36.7. The molecule has 3 nitrogen and oxygen atoms in total. The zero-order valence-corrected chi connectivity index (χ0v) is 36.7. The number of hydrogen-bond acceptors (Lipinski definition) is 3. The van der Waals surface area contributed by atoms with Gasteiger partial charge in [-0.1, -0.05) is 194 Å². The van der Waals surface area contributed by atoms with Crippen LogP contribution in [0.3, 0.4) is 0 Å². The van der Waals surface area contributed by atoms with E-state index in [1.165, 1.54) is 33.0 Å². The second-order valence-corrected chi connectivity index (χ2v) is 16.9. The lowest BCUT2D eigenvalue weighted by atomic mass is 10.0. The van der Waals surface area contributed by atoms with Crippen LogP contribution in [0.1, 0.15) is 0 Å². The first-order valence-electron chi connectivity index (χ1n) is 22.8. The largest absolute Gasteiger partial charge is 0.455 e. The van der Waals surface area contributed by atoms with E-state index < -0.39 is 0 Å². The quantitative estimate of drug-likeness (QED) is 0.137. The van der Waals surface area contributed by atoms with Crippen LogP contribution in [0.2, 0.25) is 0 Å². The van der Waals surface area contributed by atoms with Crippen LogP contribution in [-0.2, 0) is 0 Å². The van der Waals surface area contributed by atoms with Gasteiger partial charge < -0.3 is 14.2 Å². The van der Waals surface area contributed by atoms with Gasteiger partial charge in [0.1, 0.15) is 11.2 Å². The average Bonchev–Trinajstić information content (AvgIpc) is 3.80. The Morgan fingerprint density at radius 2 is 0.612 bits per heavy atom. The van der Waals surface area contributed by atoms with E-state index in [1.807, 2.05) is 12.1 Å². The molecule has 12 rings (SSSR count). The molecule has 12 aromatic rings. The Kier molecular flexibility index (Phi) is 10.2. The highest BCUT2D eigenvalue weighted by atomic mass is 16.3. The third-order valence-corrected chi connectivity index (χ3v) is 12.9. The minimum Gasteiger partial charge on any atom is -0.455 e. The number of nitrogens with zero attached hydrogens (tertiary/aromatic N) is 2. The molecule has 0 saturated heterocycles. The van der Waals surface area contributed by atoms with Gasteiger partial charge in [-0.3, -0.25) is 0 Å². The molecule has 0 radical (unpaired) electrons. The van der Waals surface area contributed by atoms with Crippen molar-refractivity contribution in [1.82, 2.24) is 0 Å². The maximum Gasteiger partial charge on any atom is 0.143 e. The van der Waals surface area contributed by atoms with Crippen molar-refractivity contribution in [3.63, 3.8) is 0 Å². The zero-order chi connectivity index (χ0) is 44.5. The number of hydrogen-bond donors (Lipinski definition) is 0. The fourth-order valence-corrected chi connectivity index (χ4v) is 9.52. The molecule has 0 aliphatic rings. The van der Waals surface area contributed by atoms with Gasteiger partial charge in [-0.2, -0.15) is 0 Å². The van der Waals surface area contributed by atoms with E-state index in [-0.39, 0.29) is 0 Å². The van der Waals surface area contributed by atoms with Crippen molar-refractivity contribution in [3.05, 3.63) is 267 Å². The molecule has 0 aliphatic heterocycles. The Morgan fingerprint density at radius 1 is 0.239 bits per heavy atom. The van der Waals surface area contributed by atoms with Crippen LogP contribution in [0.25, 0.3) is 77.2 Å². The van der Waals surface area contributed by atoms with Gasteiger partial charge in [-0.05, 0) is 117 Å². The highest BCUT2D eigenvalue weighted by Gasteiger charge is 2.18. The van der Waals surface area contributed by atoms with Crippen LogP contribution in [0.5, 0.6) is 0 Å². The molecule has 1 heterocycles. The lowest BCUT2D eigenvalue weighted by molar-refractivity contribution is 0.670. The summed E-state index contributed by atoms with van der Waals surface area (Å²) in [7, 11) is 0. The standard InChI is InChI=1S/C64H44N2O/c1-3-13-45(14-4-1)47-25-35-53(36-26-47)65(54-37-27-48(28-38-54)46-15-5-2-6-16-46)55-39-29-49(30-40-55)50-31-41-56(42-32-50)66(62-23-11-18-51-17-7-8-19-58(51)62)57-43-33-52(34-44-57)59-21-12-22-61-60-20-9-10-24-63(60)67-64(59)61/h1-44H. The highest BCUT2D eigenvalue weighted by Crippen LogP contribution is 2.43. The minimum atomic E-state index is 0.903. The topological polar surface area (TPSA) is 19.6 Å². The van der Waals surface area contributed by atoms with E-state index in [4.69, 9.17) is 4.42 Å². The molecule has 316 valence electrons. The summed E-state index contributed by atoms with van der Waals surface area (Å²) in [5, 5.41) is 4.65. The molecular formula is C64H44N2O. The van der Waals surface area contributed by atoms with Crippen LogP contribution in [-0.4, -0.2) is 0 Å². The molecule has 0 amide bonds. The van der Waals surface area contributed by atoms with E-state index in [0.29, 0.717) is 0 Å². The lowest BCUT2D eigenvalue weighted by Gasteiger charge is -2.27. The Hall–Kier alpha value is -8.92. The van der Waals surface area contributed by atoms with Crippen LogP contribution in [0.15, 0.2) is 271 Å². The summed E-state index contributed by atoms with van der Waals surface area (Å²) in [6.07, 6.45) is 0. The first-order valence-corrected chi connectivity index (χ1v) is 22.8. The normalized spacial score (nSPS) is 11.3.